The molecule has 1 N–H and O–H groups in total. The van der Waals surface area contributed by atoms with E-state index in [1.54, 1.807) is 25.1 Å². The molecule has 0 radical (unpaired) electrons. The Kier molecular flexibility index (Phi) is 5.34. The van der Waals surface area contributed by atoms with Gasteiger partial charge in [-0.3, -0.25) is 14.2 Å². The van der Waals surface area contributed by atoms with Crippen LogP contribution in [0.5, 0.6) is 11.5 Å². The summed E-state index contributed by atoms with van der Waals surface area (Å²) in [6.07, 6.45) is 6.29. The fourth-order valence-corrected chi connectivity index (χ4v) is 3.94. The first-order valence-corrected chi connectivity index (χ1v) is 10.8. The second-order valence-electron chi connectivity index (χ2n) is 7.94. The van der Waals surface area contributed by atoms with Crippen molar-refractivity contribution in [2.75, 3.05) is 36.5 Å². The number of amides is 1. The van der Waals surface area contributed by atoms with E-state index in [4.69, 9.17) is 9.47 Å². The number of nitrogens with zero attached hydrogens (tertiary/aromatic N) is 5. The van der Waals surface area contributed by atoms with E-state index in [2.05, 4.69) is 25.2 Å². The molecule has 1 saturated heterocycles. The van der Waals surface area contributed by atoms with E-state index >= 15 is 0 Å². The van der Waals surface area contributed by atoms with Gasteiger partial charge in [-0.1, -0.05) is 0 Å². The van der Waals surface area contributed by atoms with Gasteiger partial charge in [0.2, 0.25) is 11.9 Å². The fraction of sp³-hybridized carbons (Fsp3) is 0.409. The summed E-state index contributed by atoms with van der Waals surface area (Å²) in [5.41, 5.74) is 0.536. The van der Waals surface area contributed by atoms with Gasteiger partial charge < -0.3 is 19.7 Å². The zero-order chi connectivity index (χ0) is 22.1. The van der Waals surface area contributed by atoms with E-state index in [0.29, 0.717) is 42.0 Å². The molecule has 2 aliphatic rings. The third-order valence-electron chi connectivity index (χ3n) is 5.77. The van der Waals surface area contributed by atoms with Crippen molar-refractivity contribution in [1.29, 1.82) is 0 Å². The minimum atomic E-state index is -0.783. The van der Waals surface area contributed by atoms with Crippen molar-refractivity contribution in [3.63, 3.8) is 0 Å². The molecule has 0 bridgehead atoms. The van der Waals surface area contributed by atoms with Crippen LogP contribution in [0.2, 0.25) is 0 Å². The SMILES string of the molecule is CC(C(=O)Nc1ccc2c(c1)OCCO2)n1cnc2nc(N3CCCCC3)ncc2c1=O. The lowest BCUT2D eigenvalue weighted by atomic mass is 10.1. The summed E-state index contributed by atoms with van der Waals surface area (Å²) in [5, 5.41) is 3.10. The van der Waals surface area contributed by atoms with E-state index < -0.39 is 6.04 Å². The Hall–Kier alpha value is -3.69. The van der Waals surface area contributed by atoms with Crippen LogP contribution >= 0.6 is 0 Å². The van der Waals surface area contributed by atoms with Gasteiger partial charge in [0.05, 0.1) is 0 Å². The number of hydrogen-bond acceptors (Lipinski definition) is 8. The molecular weight excluding hydrogens is 412 g/mol. The quantitative estimate of drug-likeness (QED) is 0.662. The van der Waals surface area contributed by atoms with Crippen molar-refractivity contribution < 1.29 is 14.3 Å². The lowest BCUT2D eigenvalue weighted by Crippen LogP contribution is -2.33. The number of carbonyl (C=O) groups is 1. The summed E-state index contributed by atoms with van der Waals surface area (Å²) < 4.78 is 12.3. The number of rotatable bonds is 4. The first-order chi connectivity index (χ1) is 15.6. The Morgan fingerprint density at radius 1 is 1.09 bits per heavy atom. The fourth-order valence-electron chi connectivity index (χ4n) is 3.94. The predicted octanol–water partition coefficient (Wildman–Crippen LogP) is 2.15. The van der Waals surface area contributed by atoms with Crippen molar-refractivity contribution >= 4 is 28.6 Å². The third-order valence-corrected chi connectivity index (χ3v) is 5.77. The highest BCUT2D eigenvalue weighted by Crippen LogP contribution is 2.32. The highest BCUT2D eigenvalue weighted by molar-refractivity contribution is 5.94. The van der Waals surface area contributed by atoms with Crippen molar-refractivity contribution in [3.8, 4) is 11.5 Å². The molecule has 166 valence electrons. The molecule has 1 atom stereocenters. The molecule has 2 aromatic heterocycles. The van der Waals surface area contributed by atoms with Crippen LogP contribution in [0.15, 0.2) is 35.5 Å². The highest BCUT2D eigenvalue weighted by Gasteiger charge is 2.21. The molecule has 1 aromatic carbocycles. The highest BCUT2D eigenvalue weighted by atomic mass is 16.6. The first-order valence-electron chi connectivity index (χ1n) is 10.8. The molecule has 1 unspecified atom stereocenters. The zero-order valence-corrected chi connectivity index (χ0v) is 17.8. The van der Waals surface area contributed by atoms with E-state index in [-0.39, 0.29) is 16.9 Å². The van der Waals surface area contributed by atoms with E-state index in [0.717, 1.165) is 25.9 Å². The lowest BCUT2D eigenvalue weighted by molar-refractivity contribution is -0.118. The molecule has 32 heavy (non-hydrogen) atoms. The summed E-state index contributed by atoms with van der Waals surface area (Å²) in [6.45, 7) is 4.40. The number of anilines is 2. The van der Waals surface area contributed by atoms with E-state index in [1.807, 2.05) is 0 Å². The summed E-state index contributed by atoms with van der Waals surface area (Å²) in [4.78, 5) is 41.1. The zero-order valence-electron chi connectivity index (χ0n) is 17.8. The average molecular weight is 436 g/mol. The van der Waals surface area contributed by atoms with Gasteiger partial charge >= 0.3 is 0 Å². The molecule has 5 rings (SSSR count). The summed E-state index contributed by atoms with van der Waals surface area (Å²) >= 11 is 0. The van der Waals surface area contributed by atoms with Gasteiger partial charge in [-0.2, -0.15) is 4.98 Å². The Bertz CT molecular complexity index is 1220. The molecule has 10 heteroatoms. The molecule has 0 spiro atoms. The average Bonchev–Trinajstić information content (AvgIpc) is 2.84. The minimum absolute atomic E-state index is 0.284. The number of aromatic nitrogens is 4. The second-order valence-corrected chi connectivity index (χ2v) is 7.94. The molecule has 10 nitrogen and oxygen atoms in total. The maximum Gasteiger partial charge on any atom is 0.265 e. The van der Waals surface area contributed by atoms with Crippen LogP contribution in [0.3, 0.4) is 0 Å². The lowest BCUT2D eigenvalue weighted by Gasteiger charge is -2.26. The molecule has 3 aromatic rings. The van der Waals surface area contributed by atoms with Gasteiger partial charge in [-0.25, -0.2) is 9.97 Å². The predicted molar refractivity (Wildman–Crippen MR) is 118 cm³/mol. The Labute approximate surface area is 184 Å². The van der Waals surface area contributed by atoms with Crippen LogP contribution in [-0.2, 0) is 4.79 Å². The van der Waals surface area contributed by atoms with E-state index in [9.17, 15) is 9.59 Å². The van der Waals surface area contributed by atoms with Crippen LogP contribution in [0.1, 0.15) is 32.2 Å². The molecule has 0 aliphatic carbocycles. The molecule has 1 amide bonds. The number of nitrogens with one attached hydrogen (secondary N) is 1. The van der Waals surface area contributed by atoms with Crippen molar-refractivity contribution in [2.24, 2.45) is 0 Å². The van der Waals surface area contributed by atoms with Gasteiger partial charge in [-0.05, 0) is 38.3 Å². The van der Waals surface area contributed by atoms with Crippen LogP contribution in [0.4, 0.5) is 11.6 Å². The van der Waals surface area contributed by atoms with Gasteiger partial charge in [0.25, 0.3) is 5.56 Å². The normalized spacial score (nSPS) is 16.6. The standard InChI is InChI=1S/C22H24N6O4/c1-14(20(29)25-15-5-6-17-18(11-15)32-10-9-31-17)28-13-24-19-16(21(28)30)12-23-22(26-19)27-7-3-2-4-8-27/h5-6,11-14H,2-4,7-10H2,1H3,(H,25,29). The third kappa shape index (κ3) is 3.83. The summed E-state index contributed by atoms with van der Waals surface area (Å²) in [5.74, 6) is 1.45. The molecule has 2 aliphatic heterocycles. The van der Waals surface area contributed by atoms with Gasteiger partial charge in [0, 0.05) is 31.0 Å². The number of carbonyl (C=O) groups excluding carboxylic acids is 1. The largest absolute Gasteiger partial charge is 0.486 e. The Morgan fingerprint density at radius 2 is 1.88 bits per heavy atom. The van der Waals surface area contributed by atoms with Crippen LogP contribution < -0.4 is 25.2 Å². The molecule has 1 fully saturated rings. The van der Waals surface area contributed by atoms with Gasteiger partial charge in [-0.15, -0.1) is 0 Å². The number of fused-ring (bicyclic) bond motifs is 2. The topological polar surface area (TPSA) is 111 Å². The molecule has 4 heterocycles. The van der Waals surface area contributed by atoms with Crippen molar-refractivity contribution in [3.05, 3.63) is 41.1 Å². The number of ether oxygens (including phenoxy) is 2. The molecular formula is C22H24N6O4. The van der Waals surface area contributed by atoms with Crippen molar-refractivity contribution in [2.45, 2.75) is 32.2 Å². The summed E-state index contributed by atoms with van der Waals surface area (Å²) in [6, 6.07) is 4.40. The Balaban J connectivity index is 1.36. The maximum absolute atomic E-state index is 13.0. The number of piperidine rings is 1. The van der Waals surface area contributed by atoms with Crippen LogP contribution in [0.25, 0.3) is 11.0 Å². The second kappa shape index (κ2) is 8.45. The number of hydrogen-bond donors (Lipinski definition) is 1. The first kappa shape index (κ1) is 20.2. The molecule has 0 saturated carbocycles. The number of benzene rings is 1. The Morgan fingerprint density at radius 3 is 2.69 bits per heavy atom. The van der Waals surface area contributed by atoms with E-state index in [1.165, 1.54) is 23.5 Å². The summed E-state index contributed by atoms with van der Waals surface area (Å²) in [7, 11) is 0. The monoisotopic (exact) mass is 436 g/mol. The van der Waals surface area contributed by atoms with Crippen LogP contribution in [0, 0.1) is 0 Å². The van der Waals surface area contributed by atoms with Gasteiger partial charge in [0.15, 0.2) is 17.1 Å². The van der Waals surface area contributed by atoms with Crippen molar-refractivity contribution in [1.82, 2.24) is 19.5 Å². The van der Waals surface area contributed by atoms with Gasteiger partial charge in [0.1, 0.15) is 31.0 Å². The van der Waals surface area contributed by atoms with Crippen LogP contribution in [-0.4, -0.2) is 51.7 Å². The maximum atomic E-state index is 13.0. The smallest absolute Gasteiger partial charge is 0.265 e. The minimum Gasteiger partial charge on any atom is -0.486 e.